The van der Waals surface area contributed by atoms with Gasteiger partial charge in [0.2, 0.25) is 0 Å². The van der Waals surface area contributed by atoms with Gasteiger partial charge in [0.1, 0.15) is 6.61 Å². The smallest absolute Gasteiger partial charge is 0.335 e. The zero-order chi connectivity index (χ0) is 14.5. The van der Waals surface area contributed by atoms with Crippen LogP contribution >= 0.6 is 0 Å². The maximum atomic E-state index is 10.9. The average Bonchev–Trinajstić information content (AvgIpc) is 2.45. The van der Waals surface area contributed by atoms with E-state index in [-0.39, 0.29) is 23.6 Å². The summed E-state index contributed by atoms with van der Waals surface area (Å²) in [5, 5.41) is 19.7. The molecule has 0 radical (unpaired) electrons. The molecule has 1 aromatic heterocycles. The molecule has 0 bridgehead atoms. The summed E-state index contributed by atoms with van der Waals surface area (Å²) in [6.07, 6.45) is 3.02. The van der Waals surface area contributed by atoms with Crippen LogP contribution in [0.4, 0.5) is 5.69 Å². The maximum absolute atomic E-state index is 10.9. The lowest BCUT2D eigenvalue weighted by Crippen LogP contribution is -2.04. The minimum Gasteiger partial charge on any atom is -0.479 e. The highest BCUT2D eigenvalue weighted by Gasteiger charge is 2.18. The Bertz CT molecular complexity index is 645. The Labute approximate surface area is 112 Å². The van der Waals surface area contributed by atoms with Crippen LogP contribution in [0.15, 0.2) is 36.7 Å². The Kier molecular flexibility index (Phi) is 3.85. The number of carboxylic acid groups (broad SMARTS) is 1. The van der Waals surface area contributed by atoms with Crippen molar-refractivity contribution in [3.63, 3.8) is 0 Å². The van der Waals surface area contributed by atoms with Gasteiger partial charge in [-0.2, -0.15) is 0 Å². The van der Waals surface area contributed by atoms with Crippen LogP contribution in [0, 0.1) is 10.1 Å². The average molecular weight is 275 g/mol. The first-order valence-electron chi connectivity index (χ1n) is 5.48. The van der Waals surface area contributed by atoms with Gasteiger partial charge in [-0.1, -0.05) is 0 Å². The Balaban J connectivity index is 2.26. The fourth-order valence-electron chi connectivity index (χ4n) is 1.46. The molecule has 2 aromatic rings. The zero-order valence-corrected chi connectivity index (χ0v) is 10.1. The van der Waals surface area contributed by atoms with Crippen LogP contribution in [-0.2, 0) is 6.61 Å². The first-order chi connectivity index (χ1) is 9.58. The number of benzene rings is 1. The number of nitro groups is 1. The second kappa shape index (κ2) is 5.74. The molecule has 0 spiro atoms. The lowest BCUT2D eigenvalue weighted by Gasteiger charge is -2.06. The summed E-state index contributed by atoms with van der Waals surface area (Å²) in [5.74, 6) is -0.995. The molecular formula is C12H9N3O5. The monoisotopic (exact) mass is 275 g/mol. The summed E-state index contributed by atoms with van der Waals surface area (Å²) in [5.41, 5.74) is -0.412. The van der Waals surface area contributed by atoms with Gasteiger partial charge in [0, 0.05) is 24.5 Å². The molecule has 0 amide bonds. The van der Waals surface area contributed by atoms with Crippen LogP contribution < -0.4 is 4.74 Å². The van der Waals surface area contributed by atoms with Crippen LogP contribution in [0.2, 0.25) is 0 Å². The summed E-state index contributed by atoms with van der Waals surface area (Å²) < 4.78 is 5.25. The van der Waals surface area contributed by atoms with Gasteiger partial charge < -0.3 is 9.84 Å². The number of carboxylic acids is 1. The van der Waals surface area contributed by atoms with Crippen molar-refractivity contribution >= 4 is 11.7 Å². The summed E-state index contributed by atoms with van der Waals surface area (Å²) in [6.45, 7) is -0.0925. The molecule has 102 valence electrons. The molecule has 8 nitrogen and oxygen atoms in total. The van der Waals surface area contributed by atoms with Crippen molar-refractivity contribution in [1.82, 2.24) is 9.97 Å². The Morgan fingerprint density at radius 1 is 1.35 bits per heavy atom. The molecule has 0 aliphatic carbocycles. The molecule has 0 aliphatic heterocycles. The Morgan fingerprint density at radius 3 is 2.65 bits per heavy atom. The number of aromatic carboxylic acids is 1. The molecule has 1 heterocycles. The zero-order valence-electron chi connectivity index (χ0n) is 10.1. The van der Waals surface area contributed by atoms with Crippen molar-refractivity contribution in [2.75, 3.05) is 0 Å². The Morgan fingerprint density at radius 2 is 2.05 bits per heavy atom. The van der Waals surface area contributed by atoms with Crippen molar-refractivity contribution in [3.05, 3.63) is 58.2 Å². The van der Waals surface area contributed by atoms with E-state index >= 15 is 0 Å². The number of hydrogen-bond donors (Lipinski definition) is 1. The van der Waals surface area contributed by atoms with Crippen molar-refractivity contribution in [1.29, 1.82) is 0 Å². The largest absolute Gasteiger partial charge is 0.479 e. The predicted octanol–water partition coefficient (Wildman–Crippen LogP) is 1.66. The van der Waals surface area contributed by atoms with Gasteiger partial charge in [-0.15, -0.1) is 0 Å². The van der Waals surface area contributed by atoms with E-state index in [1.807, 2.05) is 0 Å². The van der Waals surface area contributed by atoms with Gasteiger partial charge >= 0.3 is 11.7 Å². The normalized spacial score (nSPS) is 10.0. The highest BCUT2D eigenvalue weighted by molar-refractivity contribution is 5.88. The van der Waals surface area contributed by atoms with Gasteiger partial charge in [0.15, 0.2) is 11.6 Å². The quantitative estimate of drug-likeness (QED) is 0.651. The molecule has 20 heavy (non-hydrogen) atoms. The molecule has 0 fully saturated rings. The van der Waals surface area contributed by atoms with Gasteiger partial charge in [-0.25, -0.2) is 14.8 Å². The highest BCUT2D eigenvalue weighted by Crippen LogP contribution is 2.28. The van der Waals surface area contributed by atoms with E-state index in [0.29, 0.717) is 5.82 Å². The molecule has 0 aliphatic rings. The molecule has 0 unspecified atom stereocenters. The number of hydrogen-bond acceptors (Lipinski definition) is 6. The summed E-state index contributed by atoms with van der Waals surface area (Å²) >= 11 is 0. The van der Waals surface area contributed by atoms with E-state index in [1.165, 1.54) is 12.4 Å². The lowest BCUT2D eigenvalue weighted by atomic mass is 10.2. The van der Waals surface area contributed by atoms with Crippen LogP contribution in [0.1, 0.15) is 16.2 Å². The number of nitrogens with zero attached hydrogens (tertiary/aromatic N) is 3. The summed E-state index contributed by atoms with van der Waals surface area (Å²) in [6, 6.07) is 4.96. The summed E-state index contributed by atoms with van der Waals surface area (Å²) in [4.78, 5) is 28.9. The van der Waals surface area contributed by atoms with E-state index < -0.39 is 10.9 Å². The number of aromatic nitrogens is 2. The molecule has 1 N–H and O–H groups in total. The van der Waals surface area contributed by atoms with Crippen molar-refractivity contribution in [2.24, 2.45) is 0 Å². The molecule has 0 atom stereocenters. The second-order valence-corrected chi connectivity index (χ2v) is 3.70. The van der Waals surface area contributed by atoms with E-state index in [4.69, 9.17) is 9.84 Å². The molecule has 0 saturated carbocycles. The van der Waals surface area contributed by atoms with Crippen LogP contribution in [-0.4, -0.2) is 26.0 Å². The summed E-state index contributed by atoms with van der Waals surface area (Å²) in [7, 11) is 0. The third-order valence-electron chi connectivity index (χ3n) is 2.38. The fraction of sp³-hybridized carbons (Fsp3) is 0.0833. The van der Waals surface area contributed by atoms with Crippen LogP contribution in [0.5, 0.6) is 5.75 Å². The second-order valence-electron chi connectivity index (χ2n) is 3.70. The first kappa shape index (κ1) is 13.4. The molecule has 2 rings (SSSR count). The molecule has 1 aromatic carbocycles. The van der Waals surface area contributed by atoms with Crippen molar-refractivity contribution in [2.45, 2.75) is 6.61 Å². The predicted molar refractivity (Wildman–Crippen MR) is 66.4 cm³/mol. The number of carbonyl (C=O) groups is 1. The standard InChI is InChI=1S/C12H9N3O5/c16-12(17)8-2-3-9(15(18)19)10(6-8)20-7-11-13-4-1-5-14-11/h1-6H,7H2,(H,16,17). The molecular weight excluding hydrogens is 266 g/mol. The van der Waals surface area contributed by atoms with Gasteiger partial charge in [-0.05, 0) is 12.1 Å². The number of nitro benzene ring substituents is 1. The van der Waals surface area contributed by atoms with Crippen molar-refractivity contribution < 1.29 is 19.6 Å². The highest BCUT2D eigenvalue weighted by atomic mass is 16.6. The van der Waals surface area contributed by atoms with E-state index in [9.17, 15) is 14.9 Å². The number of rotatable bonds is 5. The number of ether oxygens (including phenoxy) is 1. The van der Waals surface area contributed by atoms with Crippen LogP contribution in [0.25, 0.3) is 0 Å². The van der Waals surface area contributed by atoms with E-state index in [1.54, 1.807) is 6.07 Å². The third kappa shape index (κ3) is 3.05. The first-order valence-corrected chi connectivity index (χ1v) is 5.48. The maximum Gasteiger partial charge on any atom is 0.335 e. The lowest BCUT2D eigenvalue weighted by molar-refractivity contribution is -0.386. The fourth-order valence-corrected chi connectivity index (χ4v) is 1.46. The minimum absolute atomic E-state index is 0.0925. The van der Waals surface area contributed by atoms with E-state index in [0.717, 1.165) is 18.2 Å². The Hall–Kier alpha value is -3.03. The van der Waals surface area contributed by atoms with Crippen molar-refractivity contribution in [3.8, 4) is 5.75 Å². The minimum atomic E-state index is -1.19. The third-order valence-corrected chi connectivity index (χ3v) is 2.38. The van der Waals surface area contributed by atoms with Gasteiger partial charge in [-0.3, -0.25) is 10.1 Å². The van der Waals surface area contributed by atoms with Gasteiger partial charge in [0.25, 0.3) is 0 Å². The topological polar surface area (TPSA) is 115 Å². The van der Waals surface area contributed by atoms with Crippen LogP contribution in [0.3, 0.4) is 0 Å². The molecule has 8 heteroatoms. The SMILES string of the molecule is O=C(O)c1ccc([N+](=O)[O-])c(OCc2ncccn2)c1. The van der Waals surface area contributed by atoms with Gasteiger partial charge in [0.05, 0.1) is 10.5 Å². The van der Waals surface area contributed by atoms with E-state index in [2.05, 4.69) is 9.97 Å². The molecule has 0 saturated heterocycles.